The SMILES string of the molecule is CS(=O)(=O)NCC(/C=C(\F)c1cn([C@H]2C[C@@H](CN3CCC3)C2)c2ncnc(N)c12)=C/N. The topological polar surface area (TPSA) is 132 Å². The molecule has 0 amide bonds. The Morgan fingerprint density at radius 3 is 2.71 bits per heavy atom. The minimum Gasteiger partial charge on any atom is -0.404 e. The predicted octanol–water partition coefficient (Wildman–Crippen LogP) is 1.37. The minimum absolute atomic E-state index is 0.117. The molecule has 9 nitrogen and oxygen atoms in total. The number of hydrogen-bond acceptors (Lipinski definition) is 7. The molecule has 0 radical (unpaired) electrons. The van der Waals surface area contributed by atoms with Crippen LogP contribution in [-0.2, 0) is 10.0 Å². The maximum absolute atomic E-state index is 15.3. The van der Waals surface area contributed by atoms with Crippen LogP contribution in [0.2, 0.25) is 0 Å². The van der Waals surface area contributed by atoms with Crippen molar-refractivity contribution in [2.24, 2.45) is 11.7 Å². The second-order valence-corrected chi connectivity index (χ2v) is 10.2. The Bertz CT molecular complexity index is 1130. The first-order valence-corrected chi connectivity index (χ1v) is 12.2. The lowest BCUT2D eigenvalue weighted by Crippen LogP contribution is -2.43. The van der Waals surface area contributed by atoms with Crippen molar-refractivity contribution in [3.8, 4) is 0 Å². The van der Waals surface area contributed by atoms with Crippen molar-refractivity contribution in [3.05, 3.63) is 35.9 Å². The maximum Gasteiger partial charge on any atom is 0.209 e. The van der Waals surface area contributed by atoms with Crippen molar-refractivity contribution in [1.82, 2.24) is 24.2 Å². The van der Waals surface area contributed by atoms with Gasteiger partial charge in [-0.2, -0.15) is 0 Å². The Kier molecular flexibility index (Phi) is 6.00. The first-order valence-electron chi connectivity index (χ1n) is 10.3. The molecular weight excluding hydrogens is 421 g/mol. The predicted molar refractivity (Wildman–Crippen MR) is 119 cm³/mol. The molecule has 0 spiro atoms. The molecular formula is C20H28FN7O2S. The highest BCUT2D eigenvalue weighted by Crippen LogP contribution is 2.42. The lowest BCUT2D eigenvalue weighted by atomic mass is 9.79. The van der Waals surface area contributed by atoms with E-state index in [9.17, 15) is 8.42 Å². The van der Waals surface area contributed by atoms with E-state index < -0.39 is 15.9 Å². The van der Waals surface area contributed by atoms with Crippen LogP contribution in [0.4, 0.5) is 10.2 Å². The molecule has 2 fully saturated rings. The summed E-state index contributed by atoms with van der Waals surface area (Å²) in [5.41, 5.74) is 12.8. The minimum atomic E-state index is -3.43. The summed E-state index contributed by atoms with van der Waals surface area (Å²) in [5.74, 6) is 0.264. The van der Waals surface area contributed by atoms with E-state index in [1.165, 1.54) is 38.1 Å². The number of fused-ring (bicyclic) bond motifs is 1. The average Bonchev–Trinajstić information content (AvgIpc) is 3.02. The van der Waals surface area contributed by atoms with Gasteiger partial charge in [-0.3, -0.25) is 0 Å². The van der Waals surface area contributed by atoms with E-state index in [1.54, 1.807) is 6.20 Å². The summed E-state index contributed by atoms with van der Waals surface area (Å²) in [4.78, 5) is 10.9. The van der Waals surface area contributed by atoms with Crippen LogP contribution in [0.1, 0.15) is 30.9 Å². The van der Waals surface area contributed by atoms with E-state index >= 15 is 4.39 Å². The van der Waals surface area contributed by atoms with Gasteiger partial charge in [0.15, 0.2) is 0 Å². The molecule has 5 N–H and O–H groups in total. The molecule has 1 aliphatic carbocycles. The Hall–Kier alpha value is -2.50. The van der Waals surface area contributed by atoms with Crippen molar-refractivity contribution in [1.29, 1.82) is 0 Å². The molecule has 0 bridgehead atoms. The van der Waals surface area contributed by atoms with E-state index in [0.717, 1.165) is 25.6 Å². The van der Waals surface area contributed by atoms with Gasteiger partial charge < -0.3 is 20.9 Å². The molecule has 11 heteroatoms. The van der Waals surface area contributed by atoms with E-state index in [1.807, 2.05) is 4.57 Å². The highest BCUT2D eigenvalue weighted by Gasteiger charge is 2.34. The monoisotopic (exact) mass is 449 g/mol. The lowest BCUT2D eigenvalue weighted by Gasteiger charge is -2.42. The summed E-state index contributed by atoms with van der Waals surface area (Å²) < 4.78 is 42.2. The smallest absolute Gasteiger partial charge is 0.209 e. The number of aromatic nitrogens is 3. The Labute approximate surface area is 181 Å². The van der Waals surface area contributed by atoms with Gasteiger partial charge in [0.05, 0.1) is 11.6 Å². The summed E-state index contributed by atoms with van der Waals surface area (Å²) in [6, 6.07) is 0.237. The molecule has 0 unspecified atom stereocenters. The second kappa shape index (κ2) is 8.56. The standard InChI is InChI=1S/C20H28FN7O2S/c1-31(29,30)26-9-14(8-22)7-17(21)16-11-28(20-18(16)19(23)24-12-25-20)15-5-13(6-15)10-27-3-2-4-27/h7-8,11-13,15,26H,2-6,9-10,22H2,1H3,(H2,23,24,25)/b14-8+,17-7-/t13-,15+. The number of nitrogen functional groups attached to an aromatic ring is 1. The van der Waals surface area contributed by atoms with Crippen LogP contribution in [0, 0.1) is 5.92 Å². The number of nitrogens with zero attached hydrogens (tertiary/aromatic N) is 4. The number of likely N-dealkylation sites (tertiary alicyclic amines) is 1. The molecule has 1 aliphatic heterocycles. The van der Waals surface area contributed by atoms with Crippen LogP contribution < -0.4 is 16.2 Å². The van der Waals surface area contributed by atoms with Gasteiger partial charge in [-0.15, -0.1) is 0 Å². The third kappa shape index (κ3) is 4.73. The summed E-state index contributed by atoms with van der Waals surface area (Å²) in [7, 11) is -3.43. The Balaban J connectivity index is 1.59. The van der Waals surface area contributed by atoms with E-state index in [2.05, 4.69) is 19.6 Å². The van der Waals surface area contributed by atoms with E-state index in [0.29, 0.717) is 17.0 Å². The molecule has 0 atom stereocenters. The van der Waals surface area contributed by atoms with Crippen molar-refractivity contribution in [2.45, 2.75) is 25.3 Å². The van der Waals surface area contributed by atoms with Gasteiger partial charge in [-0.25, -0.2) is 27.5 Å². The number of hydrogen-bond donors (Lipinski definition) is 3. The first kappa shape index (κ1) is 21.7. The highest BCUT2D eigenvalue weighted by atomic mass is 32.2. The van der Waals surface area contributed by atoms with Crippen LogP contribution in [0.15, 0.2) is 30.4 Å². The van der Waals surface area contributed by atoms with Crippen molar-refractivity contribution in [3.63, 3.8) is 0 Å². The average molecular weight is 450 g/mol. The van der Waals surface area contributed by atoms with Crippen LogP contribution in [0.3, 0.4) is 0 Å². The number of anilines is 1. The normalized spacial score (nSPS) is 23.0. The molecule has 168 valence electrons. The van der Waals surface area contributed by atoms with Crippen molar-refractivity contribution >= 4 is 32.7 Å². The van der Waals surface area contributed by atoms with Crippen molar-refractivity contribution in [2.75, 3.05) is 38.2 Å². The fourth-order valence-electron chi connectivity index (χ4n) is 4.19. The Morgan fingerprint density at radius 2 is 2.10 bits per heavy atom. The lowest BCUT2D eigenvalue weighted by molar-refractivity contribution is 0.0921. The fraction of sp³-hybridized carbons (Fsp3) is 0.500. The molecule has 1 saturated heterocycles. The largest absolute Gasteiger partial charge is 0.404 e. The van der Waals surface area contributed by atoms with Gasteiger partial charge in [0, 0.05) is 30.9 Å². The molecule has 0 aromatic carbocycles. The molecule has 4 rings (SSSR count). The first-order chi connectivity index (χ1) is 14.7. The fourth-order valence-corrected chi connectivity index (χ4v) is 4.62. The number of halogens is 1. The van der Waals surface area contributed by atoms with Crippen LogP contribution in [0.25, 0.3) is 16.9 Å². The number of rotatable bonds is 8. The summed E-state index contributed by atoms with van der Waals surface area (Å²) >= 11 is 0. The summed E-state index contributed by atoms with van der Waals surface area (Å²) in [5, 5.41) is 0.454. The van der Waals surface area contributed by atoms with Gasteiger partial charge >= 0.3 is 0 Å². The summed E-state index contributed by atoms with van der Waals surface area (Å²) in [6.07, 6.45) is 9.83. The Morgan fingerprint density at radius 1 is 1.35 bits per heavy atom. The number of nitrogens with two attached hydrogens (primary N) is 2. The molecule has 3 heterocycles. The van der Waals surface area contributed by atoms with Gasteiger partial charge in [0.2, 0.25) is 10.0 Å². The number of nitrogens with one attached hydrogen (secondary N) is 1. The number of sulfonamides is 1. The van der Waals surface area contributed by atoms with Crippen LogP contribution in [-0.4, -0.2) is 60.3 Å². The quantitative estimate of drug-likeness (QED) is 0.519. The maximum atomic E-state index is 15.3. The van der Waals surface area contributed by atoms with E-state index in [-0.39, 0.29) is 29.5 Å². The van der Waals surface area contributed by atoms with Crippen molar-refractivity contribution < 1.29 is 12.8 Å². The molecule has 1 saturated carbocycles. The van der Waals surface area contributed by atoms with Gasteiger partial charge in [0.1, 0.15) is 23.6 Å². The zero-order valence-electron chi connectivity index (χ0n) is 17.5. The van der Waals surface area contributed by atoms with Gasteiger partial charge in [-0.05, 0) is 56.1 Å². The molecule has 2 aromatic rings. The van der Waals surface area contributed by atoms with E-state index in [4.69, 9.17) is 11.5 Å². The molecule has 31 heavy (non-hydrogen) atoms. The van der Waals surface area contributed by atoms with Gasteiger partial charge in [-0.1, -0.05) is 0 Å². The third-order valence-corrected chi connectivity index (χ3v) is 6.70. The van der Waals surface area contributed by atoms with Crippen LogP contribution in [0.5, 0.6) is 0 Å². The second-order valence-electron chi connectivity index (χ2n) is 8.38. The van der Waals surface area contributed by atoms with Gasteiger partial charge in [0.25, 0.3) is 0 Å². The zero-order chi connectivity index (χ0) is 22.2. The highest BCUT2D eigenvalue weighted by molar-refractivity contribution is 7.88. The zero-order valence-corrected chi connectivity index (χ0v) is 18.3. The van der Waals surface area contributed by atoms with Crippen LogP contribution >= 0.6 is 0 Å². The molecule has 2 aliphatic rings. The molecule has 2 aromatic heterocycles. The third-order valence-electron chi connectivity index (χ3n) is 6.03. The summed E-state index contributed by atoms with van der Waals surface area (Å²) in [6.45, 7) is 3.37.